The molecule has 0 bridgehead atoms. The molecule has 14 rings (SSSR count). The third-order valence-electron chi connectivity index (χ3n) is 19.3. The van der Waals surface area contributed by atoms with Crippen molar-refractivity contribution in [3.8, 4) is 5.75 Å². The number of aromatic nitrogens is 2. The lowest BCUT2D eigenvalue weighted by Crippen LogP contribution is -2.41. The third-order valence-corrected chi connectivity index (χ3v) is 19.3. The molecule has 1 saturated heterocycles. The molecule has 5 aliphatic rings. The maximum absolute atomic E-state index is 14.3. The number of aliphatic hydroxyl groups is 2. The number of anilines is 4. The van der Waals surface area contributed by atoms with Gasteiger partial charge < -0.3 is 62.0 Å². The van der Waals surface area contributed by atoms with Gasteiger partial charge in [0.25, 0.3) is 0 Å². The highest BCUT2D eigenvalue weighted by Crippen LogP contribution is 2.43. The molecule has 8 aromatic carbocycles. The van der Waals surface area contributed by atoms with Crippen molar-refractivity contribution in [2.75, 3.05) is 61.2 Å². The van der Waals surface area contributed by atoms with Crippen molar-refractivity contribution in [3.63, 3.8) is 0 Å². The summed E-state index contributed by atoms with van der Waals surface area (Å²) in [6.45, 7) is 1.90. The normalized spacial score (nSPS) is 15.5. The Bertz CT molecular complexity index is 5030. The number of benzene rings is 8. The largest absolute Gasteiger partial charge is 0.496 e. The van der Waals surface area contributed by atoms with Crippen molar-refractivity contribution >= 4 is 137 Å². The maximum atomic E-state index is 14.3. The van der Waals surface area contributed by atoms with Crippen LogP contribution >= 0.6 is 0 Å². The maximum Gasteiger partial charge on any atom is 0.351 e. The van der Waals surface area contributed by atoms with Crippen LogP contribution in [0.25, 0.3) is 67.4 Å². The van der Waals surface area contributed by atoms with Gasteiger partial charge in [0.05, 0.1) is 36.0 Å². The summed E-state index contributed by atoms with van der Waals surface area (Å²) in [7, 11) is 1.59. The van der Waals surface area contributed by atoms with Crippen LogP contribution in [0.3, 0.4) is 0 Å². The number of allylic oxidation sites excluding steroid dienone is 4. The van der Waals surface area contributed by atoms with E-state index >= 15 is 0 Å². The number of carboxylic acids is 3. The SMILES string of the molecule is COc1ccc2cccc3c2c1C(=O)C=C3.NCCCCCC(=O)O.O=C(CCCCCNc1ccc2cccc3c2c1C(=O)C=C3)Nc1ccn([C@@H]2O[C@H](CO)[C@H](O)C2(F)F)c(=O)n1.O=C(O)CCCCCNc1ccc2cccc3c2c1C(=O)C=C3.O=C(O)CCCCCNc1ccc2cccc3c2c1C(=O)C=C3. The summed E-state index contributed by atoms with van der Waals surface area (Å²) in [5.41, 5.74) is 13.6. The number of rotatable bonds is 30. The number of ketones is 4. The quantitative estimate of drug-likeness (QED) is 0.0187. The molecule has 1 amide bonds. The van der Waals surface area contributed by atoms with E-state index in [1.165, 1.54) is 6.07 Å². The van der Waals surface area contributed by atoms with E-state index in [4.69, 9.17) is 35.6 Å². The summed E-state index contributed by atoms with van der Waals surface area (Å²) in [4.78, 5) is 108. The number of alkyl halides is 2. The molecular formula is C86H89F2N7O16. The van der Waals surface area contributed by atoms with E-state index in [0.717, 1.165) is 171 Å². The second-order valence-electron chi connectivity index (χ2n) is 27.1. The van der Waals surface area contributed by atoms with Crippen LogP contribution < -0.4 is 37.4 Å². The van der Waals surface area contributed by atoms with Crippen molar-refractivity contribution < 1.29 is 82.1 Å². The van der Waals surface area contributed by atoms with Gasteiger partial charge in [0.2, 0.25) is 12.1 Å². The minimum Gasteiger partial charge on any atom is -0.496 e. The number of aliphatic carboxylic acids is 3. The Hall–Kier alpha value is -11.9. The molecule has 2 heterocycles. The number of amides is 1. The van der Waals surface area contributed by atoms with E-state index in [0.29, 0.717) is 53.8 Å². The molecule has 111 heavy (non-hydrogen) atoms. The topological polar surface area (TPSA) is 365 Å². The second kappa shape index (κ2) is 38.9. The van der Waals surface area contributed by atoms with Gasteiger partial charge in [-0.3, -0.25) is 42.9 Å². The Balaban J connectivity index is 0.000000159. The molecular weight excluding hydrogens is 1420 g/mol. The van der Waals surface area contributed by atoms with Crippen molar-refractivity contribution in [3.05, 3.63) is 213 Å². The molecule has 1 fully saturated rings. The molecule has 3 atom stereocenters. The molecule has 0 radical (unpaired) electrons. The Morgan fingerprint density at radius 1 is 0.486 bits per heavy atom. The standard InChI is InChI=1S/C28H28F2N4O6.2C19H19NO3.C14H10O2.C6H13NO2/c29-28(30)25(38)20(15-35)40-26(28)34-14-12-21(33-27(34)39)32-22(37)7-2-1-3-13-31-18-10-8-16-5-4-6-17-9-11-19(36)24(18)23(16)17;2*21-16-11-9-14-6-4-5-13-8-10-15(19(16)18(13)14)20-12-3-1-2-7-17(22)23;1-16-12-8-6-10-4-2-3-9-5-7-11(15)14(12)13(9)10;7-5-3-1-2-4-6(8)9/h4-6,8-12,14,20,25-26,31,35,38H,1-3,7,13,15H2,(H,32,33,37,39);2*4-6,8-11,20H,1-3,7,12H2,(H,22,23);2-8H,1H3;1-5,7H2,(H,8,9)/t20-,25+,26-;;;;/m1..../s1. The second-order valence-corrected chi connectivity index (χ2v) is 27.1. The number of hydrogen-bond donors (Lipinski definition) is 10. The number of halogens is 2. The lowest BCUT2D eigenvalue weighted by molar-refractivity contribution is -0.141. The Kier molecular flexibility index (Phi) is 28.6. The molecule has 0 unspecified atom stereocenters. The number of carbonyl (C=O) groups excluding carboxylic acids is 5. The zero-order valence-corrected chi connectivity index (χ0v) is 61.4. The molecule has 23 nitrogen and oxygen atoms in total. The molecule has 25 heteroatoms. The Morgan fingerprint density at radius 3 is 1.22 bits per heavy atom. The highest BCUT2D eigenvalue weighted by atomic mass is 19.3. The van der Waals surface area contributed by atoms with Crippen LogP contribution in [0.4, 0.5) is 31.7 Å². The van der Waals surface area contributed by atoms with Crippen molar-refractivity contribution in [2.24, 2.45) is 5.73 Å². The fourth-order valence-corrected chi connectivity index (χ4v) is 13.8. The molecule has 0 saturated carbocycles. The van der Waals surface area contributed by atoms with Gasteiger partial charge in [-0.25, -0.2) is 4.79 Å². The fourth-order valence-electron chi connectivity index (χ4n) is 13.8. The minimum absolute atomic E-state index is 0.0150. The average molecular weight is 1510 g/mol. The van der Waals surface area contributed by atoms with E-state index in [1.54, 1.807) is 31.4 Å². The highest BCUT2D eigenvalue weighted by Gasteiger charge is 2.59. The molecule has 578 valence electrons. The molecule has 1 aromatic heterocycles. The molecule has 4 aliphatic carbocycles. The van der Waals surface area contributed by atoms with Crippen LogP contribution in [0.15, 0.2) is 163 Å². The van der Waals surface area contributed by atoms with E-state index in [2.05, 4.69) is 26.3 Å². The summed E-state index contributed by atoms with van der Waals surface area (Å²) in [6, 6.07) is 40.8. The van der Waals surface area contributed by atoms with Gasteiger partial charge in [-0.05, 0) is 156 Å². The van der Waals surface area contributed by atoms with Crippen LogP contribution in [-0.4, -0.2) is 140 Å². The number of nitrogens with two attached hydrogens (primary N) is 1. The smallest absolute Gasteiger partial charge is 0.351 e. The third kappa shape index (κ3) is 20.5. The van der Waals surface area contributed by atoms with E-state index < -0.39 is 54.6 Å². The monoisotopic (exact) mass is 1510 g/mol. The number of hydrogen-bond acceptors (Lipinski definition) is 18. The summed E-state index contributed by atoms with van der Waals surface area (Å²) in [5, 5.41) is 64.8. The van der Waals surface area contributed by atoms with Crippen LogP contribution in [-0.2, 0) is 23.9 Å². The van der Waals surface area contributed by atoms with Crippen LogP contribution in [0.5, 0.6) is 5.75 Å². The van der Waals surface area contributed by atoms with Crippen LogP contribution in [0, 0.1) is 0 Å². The van der Waals surface area contributed by atoms with E-state index in [9.17, 15) is 57.0 Å². The van der Waals surface area contributed by atoms with Crippen molar-refractivity contribution in [1.29, 1.82) is 0 Å². The summed E-state index contributed by atoms with van der Waals surface area (Å²) < 4.78 is 39.3. The number of unbranched alkanes of at least 4 members (excludes halogenated alkanes) is 8. The van der Waals surface area contributed by atoms with Crippen LogP contribution in [0.2, 0.25) is 0 Å². The van der Waals surface area contributed by atoms with Gasteiger partial charge in [0.1, 0.15) is 17.7 Å². The summed E-state index contributed by atoms with van der Waals surface area (Å²) >= 11 is 0. The number of carboxylic acid groups (broad SMARTS) is 3. The first-order valence-electron chi connectivity index (χ1n) is 37.1. The zero-order chi connectivity index (χ0) is 79.1. The first kappa shape index (κ1) is 81.6. The number of carbonyl (C=O) groups is 8. The number of nitrogens with zero attached hydrogens (tertiary/aromatic N) is 2. The zero-order valence-electron chi connectivity index (χ0n) is 61.4. The van der Waals surface area contributed by atoms with Gasteiger partial charge in [-0.2, -0.15) is 13.8 Å². The van der Waals surface area contributed by atoms with E-state index in [-0.39, 0.29) is 60.5 Å². The van der Waals surface area contributed by atoms with Gasteiger partial charge in [-0.1, -0.05) is 147 Å². The van der Waals surface area contributed by atoms with Crippen molar-refractivity contribution in [1.82, 2.24) is 9.55 Å². The predicted octanol–water partition coefficient (Wildman–Crippen LogP) is 15.0. The highest BCUT2D eigenvalue weighted by molar-refractivity contribution is 6.25. The summed E-state index contributed by atoms with van der Waals surface area (Å²) in [5.74, 6) is -5.84. The molecule has 9 aromatic rings. The first-order valence-corrected chi connectivity index (χ1v) is 37.1. The number of ether oxygens (including phenoxy) is 2. The predicted molar refractivity (Wildman–Crippen MR) is 426 cm³/mol. The van der Waals surface area contributed by atoms with Gasteiger partial charge in [0.15, 0.2) is 29.2 Å². The molecule has 1 aliphatic heterocycles. The van der Waals surface area contributed by atoms with E-state index in [1.807, 2.05) is 146 Å². The average Bonchev–Trinajstić information content (AvgIpc) is 1.50. The lowest BCUT2D eigenvalue weighted by Gasteiger charge is -2.21. The van der Waals surface area contributed by atoms with Gasteiger partial charge in [-0.15, -0.1) is 0 Å². The Labute approximate surface area is 638 Å². The molecule has 0 spiro atoms. The number of aliphatic hydroxyl groups excluding tert-OH is 2. The molecule has 11 N–H and O–H groups in total. The fraction of sp³-hybridized carbons (Fsp3) is 0.302. The van der Waals surface area contributed by atoms with Gasteiger partial charge in [0, 0.05) is 90.1 Å². The van der Waals surface area contributed by atoms with Gasteiger partial charge >= 0.3 is 29.5 Å². The lowest BCUT2D eigenvalue weighted by atomic mass is 9.91. The number of methoxy groups -OCH3 is 1. The first-order chi connectivity index (χ1) is 53.6. The minimum atomic E-state index is -3.82. The summed E-state index contributed by atoms with van der Waals surface area (Å²) in [6.07, 6.45) is 19.3. The van der Waals surface area contributed by atoms with Crippen molar-refractivity contribution in [2.45, 2.75) is 127 Å². The Morgan fingerprint density at radius 2 is 0.856 bits per heavy atom. The number of nitrogens with one attached hydrogen (secondary N) is 4. The van der Waals surface area contributed by atoms with Crippen LogP contribution in [0.1, 0.15) is 173 Å².